The number of morpholine rings is 1. The lowest BCUT2D eigenvalue weighted by Crippen LogP contribution is -2.39. The van der Waals surface area contributed by atoms with Crippen LogP contribution in [0.2, 0.25) is 0 Å². The number of nitrogens with one attached hydrogen (secondary N) is 2. The van der Waals surface area contributed by atoms with E-state index in [2.05, 4.69) is 15.5 Å². The van der Waals surface area contributed by atoms with Crippen LogP contribution in [0, 0.1) is 0 Å². The molecule has 1 aliphatic rings. The number of carbonyl (C=O) groups excluding carboxylic acids is 1. The largest absolute Gasteiger partial charge is 0.416 e. The smallest absolute Gasteiger partial charge is 0.378 e. The third-order valence-corrected chi connectivity index (χ3v) is 4.53. The van der Waals surface area contributed by atoms with Gasteiger partial charge >= 0.3 is 12.2 Å². The fourth-order valence-electron chi connectivity index (χ4n) is 2.93. The summed E-state index contributed by atoms with van der Waals surface area (Å²) in [6.07, 6.45) is -4.47. The van der Waals surface area contributed by atoms with Crippen molar-refractivity contribution in [1.29, 1.82) is 0 Å². The molecule has 2 rings (SSSR count). The van der Waals surface area contributed by atoms with E-state index in [4.69, 9.17) is 4.74 Å². The Balaban J connectivity index is 2.10. The zero-order chi connectivity index (χ0) is 19.9. The summed E-state index contributed by atoms with van der Waals surface area (Å²) in [4.78, 5) is 16.3. The van der Waals surface area contributed by atoms with Crippen LogP contribution in [0.4, 0.5) is 29.3 Å². The first kappa shape index (κ1) is 21.3. The standard InChI is InChI=1S/C18H27F3N4O2/c1-3-24(4-2)8-7-22-17(26)23-15-13-14(18(19,20)21)5-6-16(15)25-9-11-27-12-10-25/h5-6,13H,3-4,7-12H2,1-2H3,(H2,22,23,26). The van der Waals surface area contributed by atoms with Crippen molar-refractivity contribution in [3.05, 3.63) is 23.8 Å². The van der Waals surface area contributed by atoms with E-state index in [1.54, 1.807) is 0 Å². The molecule has 0 saturated carbocycles. The first-order valence-corrected chi connectivity index (χ1v) is 9.16. The maximum atomic E-state index is 13.1. The molecule has 0 aliphatic carbocycles. The highest BCUT2D eigenvalue weighted by Crippen LogP contribution is 2.35. The molecule has 0 bridgehead atoms. The van der Waals surface area contributed by atoms with Crippen LogP contribution in [0.25, 0.3) is 0 Å². The van der Waals surface area contributed by atoms with Gasteiger partial charge in [0.1, 0.15) is 0 Å². The number of amides is 2. The van der Waals surface area contributed by atoms with E-state index in [1.807, 2.05) is 18.7 Å². The number of alkyl halides is 3. The molecule has 27 heavy (non-hydrogen) atoms. The average molecular weight is 388 g/mol. The van der Waals surface area contributed by atoms with Crippen molar-refractivity contribution in [2.24, 2.45) is 0 Å². The van der Waals surface area contributed by atoms with Crippen LogP contribution in [0.15, 0.2) is 18.2 Å². The quantitative estimate of drug-likeness (QED) is 0.754. The number of nitrogens with zero attached hydrogens (tertiary/aromatic N) is 2. The maximum Gasteiger partial charge on any atom is 0.416 e. The number of ether oxygens (including phenoxy) is 1. The first-order valence-electron chi connectivity index (χ1n) is 9.16. The molecular weight excluding hydrogens is 361 g/mol. The minimum absolute atomic E-state index is 0.145. The number of likely N-dealkylation sites (N-methyl/N-ethyl adjacent to an activating group) is 1. The van der Waals surface area contributed by atoms with Gasteiger partial charge < -0.3 is 25.2 Å². The molecular formula is C18H27F3N4O2. The van der Waals surface area contributed by atoms with Gasteiger partial charge in [0.05, 0.1) is 30.2 Å². The highest BCUT2D eigenvalue weighted by molar-refractivity contribution is 5.93. The molecule has 0 radical (unpaired) electrons. The van der Waals surface area contributed by atoms with Crippen LogP contribution in [-0.4, -0.2) is 63.4 Å². The number of anilines is 2. The minimum atomic E-state index is -4.47. The van der Waals surface area contributed by atoms with Crippen LogP contribution in [0.1, 0.15) is 19.4 Å². The number of hydrogen-bond donors (Lipinski definition) is 2. The Bertz CT molecular complexity index is 615. The van der Waals surface area contributed by atoms with Crippen molar-refractivity contribution in [2.75, 3.05) is 62.7 Å². The minimum Gasteiger partial charge on any atom is -0.378 e. The normalized spacial score (nSPS) is 15.1. The van der Waals surface area contributed by atoms with Gasteiger partial charge in [-0.05, 0) is 31.3 Å². The Labute approximate surface area is 157 Å². The summed E-state index contributed by atoms with van der Waals surface area (Å²) in [5.41, 5.74) is -0.0878. The van der Waals surface area contributed by atoms with Gasteiger partial charge in [-0.1, -0.05) is 13.8 Å². The lowest BCUT2D eigenvalue weighted by Gasteiger charge is -2.31. The van der Waals surface area contributed by atoms with E-state index in [-0.39, 0.29) is 5.69 Å². The third-order valence-electron chi connectivity index (χ3n) is 4.53. The van der Waals surface area contributed by atoms with Gasteiger partial charge in [-0.15, -0.1) is 0 Å². The Morgan fingerprint density at radius 2 is 1.89 bits per heavy atom. The Morgan fingerprint density at radius 3 is 2.48 bits per heavy atom. The predicted octanol–water partition coefficient (Wildman–Crippen LogP) is 3.01. The summed E-state index contributed by atoms with van der Waals surface area (Å²) in [6.45, 7) is 9.00. The molecule has 0 unspecified atom stereocenters. The predicted molar refractivity (Wildman–Crippen MR) is 99.3 cm³/mol. The third kappa shape index (κ3) is 6.28. The van der Waals surface area contributed by atoms with E-state index in [1.165, 1.54) is 6.07 Å². The molecule has 0 aromatic heterocycles. The van der Waals surface area contributed by atoms with Crippen molar-refractivity contribution in [3.63, 3.8) is 0 Å². The molecule has 1 heterocycles. The molecule has 0 atom stereocenters. The summed E-state index contributed by atoms with van der Waals surface area (Å²) in [7, 11) is 0. The molecule has 2 amide bonds. The van der Waals surface area contributed by atoms with Crippen molar-refractivity contribution in [1.82, 2.24) is 10.2 Å². The maximum absolute atomic E-state index is 13.1. The average Bonchev–Trinajstić information content (AvgIpc) is 2.65. The highest BCUT2D eigenvalue weighted by Gasteiger charge is 2.31. The molecule has 1 aromatic carbocycles. The fraction of sp³-hybridized carbons (Fsp3) is 0.611. The van der Waals surface area contributed by atoms with Gasteiger partial charge in [0.2, 0.25) is 0 Å². The highest BCUT2D eigenvalue weighted by atomic mass is 19.4. The number of halogens is 3. The monoisotopic (exact) mass is 388 g/mol. The summed E-state index contributed by atoms with van der Waals surface area (Å²) >= 11 is 0. The van der Waals surface area contributed by atoms with E-state index < -0.39 is 17.8 Å². The molecule has 0 spiro atoms. The first-order chi connectivity index (χ1) is 12.8. The molecule has 152 valence electrons. The molecule has 1 aliphatic heterocycles. The summed E-state index contributed by atoms with van der Waals surface area (Å²) in [5.74, 6) is 0. The Hall–Kier alpha value is -2.00. The van der Waals surface area contributed by atoms with Crippen LogP contribution in [0.5, 0.6) is 0 Å². The zero-order valence-corrected chi connectivity index (χ0v) is 15.7. The Morgan fingerprint density at radius 1 is 1.22 bits per heavy atom. The van der Waals surface area contributed by atoms with E-state index in [0.29, 0.717) is 45.1 Å². The number of carbonyl (C=O) groups is 1. The fourth-order valence-corrected chi connectivity index (χ4v) is 2.93. The van der Waals surface area contributed by atoms with Gasteiger partial charge in [-0.2, -0.15) is 13.2 Å². The van der Waals surface area contributed by atoms with Crippen molar-refractivity contribution in [3.8, 4) is 0 Å². The second-order valence-corrected chi connectivity index (χ2v) is 6.24. The Kier molecular flexibility index (Phi) is 7.73. The van der Waals surface area contributed by atoms with Gasteiger partial charge in [0.15, 0.2) is 0 Å². The van der Waals surface area contributed by atoms with E-state index in [0.717, 1.165) is 25.2 Å². The molecule has 2 N–H and O–H groups in total. The van der Waals surface area contributed by atoms with Crippen molar-refractivity contribution < 1.29 is 22.7 Å². The molecule has 1 saturated heterocycles. The number of hydrogen-bond acceptors (Lipinski definition) is 4. The molecule has 6 nitrogen and oxygen atoms in total. The van der Waals surface area contributed by atoms with E-state index in [9.17, 15) is 18.0 Å². The summed E-state index contributed by atoms with van der Waals surface area (Å²) in [5, 5.41) is 5.28. The molecule has 1 aromatic rings. The lowest BCUT2D eigenvalue weighted by molar-refractivity contribution is -0.137. The SMILES string of the molecule is CCN(CC)CCNC(=O)Nc1cc(C(F)(F)F)ccc1N1CCOCC1. The second kappa shape index (κ2) is 9.80. The van der Waals surface area contributed by atoms with Gasteiger partial charge in [0, 0.05) is 26.2 Å². The van der Waals surface area contributed by atoms with Crippen LogP contribution in [0.3, 0.4) is 0 Å². The second-order valence-electron chi connectivity index (χ2n) is 6.24. The van der Waals surface area contributed by atoms with Gasteiger partial charge in [0.25, 0.3) is 0 Å². The van der Waals surface area contributed by atoms with Crippen LogP contribution in [-0.2, 0) is 10.9 Å². The summed E-state index contributed by atoms with van der Waals surface area (Å²) in [6, 6.07) is 2.90. The molecule has 9 heteroatoms. The van der Waals surface area contributed by atoms with Crippen molar-refractivity contribution >= 4 is 17.4 Å². The van der Waals surface area contributed by atoms with Gasteiger partial charge in [-0.25, -0.2) is 4.79 Å². The van der Waals surface area contributed by atoms with E-state index >= 15 is 0 Å². The number of benzene rings is 1. The number of urea groups is 1. The van der Waals surface area contributed by atoms with Crippen LogP contribution >= 0.6 is 0 Å². The molecule has 1 fully saturated rings. The number of rotatable bonds is 7. The van der Waals surface area contributed by atoms with Gasteiger partial charge in [-0.3, -0.25) is 0 Å². The summed E-state index contributed by atoms with van der Waals surface area (Å²) < 4.78 is 44.5. The zero-order valence-electron chi connectivity index (χ0n) is 15.7. The lowest BCUT2D eigenvalue weighted by atomic mass is 10.1. The van der Waals surface area contributed by atoms with Crippen LogP contribution < -0.4 is 15.5 Å². The van der Waals surface area contributed by atoms with Crippen molar-refractivity contribution in [2.45, 2.75) is 20.0 Å². The topological polar surface area (TPSA) is 56.8 Å².